The van der Waals surface area contributed by atoms with Crippen molar-refractivity contribution in [3.8, 4) is 21.7 Å². The second-order valence-corrected chi connectivity index (χ2v) is 19.1. The third-order valence-electron chi connectivity index (χ3n) is 10.6. The summed E-state index contributed by atoms with van der Waals surface area (Å²) in [5, 5.41) is 19.1. The van der Waals surface area contributed by atoms with E-state index in [1.807, 2.05) is 58.0 Å². The van der Waals surface area contributed by atoms with Gasteiger partial charge in [0.15, 0.2) is 11.5 Å². The van der Waals surface area contributed by atoms with E-state index in [9.17, 15) is 32.7 Å². The van der Waals surface area contributed by atoms with Crippen LogP contribution >= 0.6 is 11.3 Å². The number of anilines is 2. The highest BCUT2D eigenvalue weighted by Gasteiger charge is 2.44. The Kier molecular flexibility index (Phi) is 15.0. The molecule has 3 heterocycles. The van der Waals surface area contributed by atoms with E-state index < -0.39 is 45.4 Å². The minimum Gasteiger partial charge on any atom is -0.391 e. The number of amides is 4. The van der Waals surface area contributed by atoms with Crippen molar-refractivity contribution in [1.29, 1.82) is 0 Å². The first-order valence-electron chi connectivity index (χ1n) is 20.6. The molecule has 5 aromatic rings. The maximum absolute atomic E-state index is 14.0. The van der Waals surface area contributed by atoms with Gasteiger partial charge in [0, 0.05) is 43.7 Å². The summed E-state index contributed by atoms with van der Waals surface area (Å²) in [6.07, 6.45) is 2.14. The number of nitrogens with two attached hydrogens (primary N) is 1. The van der Waals surface area contributed by atoms with Crippen LogP contribution in [0.1, 0.15) is 74.6 Å². The molecule has 0 bridgehead atoms. The summed E-state index contributed by atoms with van der Waals surface area (Å²) < 4.78 is 28.7. The lowest BCUT2D eigenvalue weighted by Crippen LogP contribution is -2.57. The second kappa shape index (κ2) is 20.4. The Hall–Kier alpha value is -6.08. The van der Waals surface area contributed by atoms with Crippen LogP contribution in [0.15, 0.2) is 95.5 Å². The minimum atomic E-state index is -3.86. The Morgan fingerprint density at radius 3 is 2.30 bits per heavy atom. The molecule has 1 aliphatic rings. The van der Waals surface area contributed by atoms with E-state index in [-0.39, 0.29) is 60.7 Å². The summed E-state index contributed by atoms with van der Waals surface area (Å²) in [6, 6.07) is 20.8. The summed E-state index contributed by atoms with van der Waals surface area (Å²) in [4.78, 5) is 68.7. The number of carbonyl (C=O) groups is 4. The highest BCUT2D eigenvalue weighted by atomic mass is 32.2. The lowest BCUT2D eigenvalue weighted by atomic mass is 9.85. The number of aryl methyl sites for hydroxylation is 1. The molecule has 0 spiro atoms. The molecule has 18 heteroatoms. The number of thiazole rings is 1. The number of nitrogens with zero attached hydrogens (tertiary/aromatic N) is 4. The van der Waals surface area contributed by atoms with Crippen molar-refractivity contribution in [1.82, 2.24) is 35.2 Å². The highest BCUT2D eigenvalue weighted by Crippen LogP contribution is 2.29. The van der Waals surface area contributed by atoms with E-state index in [1.165, 1.54) is 23.2 Å². The number of unbranched alkanes of at least 4 members (excludes halogenated alkanes) is 2. The Labute approximate surface area is 371 Å². The summed E-state index contributed by atoms with van der Waals surface area (Å²) in [7, 11) is -3.86. The molecule has 0 saturated carbocycles. The van der Waals surface area contributed by atoms with Crippen LogP contribution in [0.3, 0.4) is 0 Å². The molecule has 4 amide bonds. The largest absolute Gasteiger partial charge is 0.391 e. The van der Waals surface area contributed by atoms with Crippen LogP contribution in [0.4, 0.5) is 11.5 Å². The number of likely N-dealkylation sites (tertiary alicyclic amines) is 1. The van der Waals surface area contributed by atoms with Gasteiger partial charge < -0.3 is 31.7 Å². The molecular formula is C45H53N9O7S2. The number of aliphatic hydroxyl groups excluding tert-OH is 1. The topological polar surface area (TPSA) is 239 Å². The molecule has 3 aromatic carbocycles. The lowest BCUT2D eigenvalue weighted by Gasteiger charge is -2.35. The van der Waals surface area contributed by atoms with Crippen LogP contribution in [0.25, 0.3) is 21.7 Å². The number of sulfonamides is 1. The second-order valence-electron chi connectivity index (χ2n) is 16.5. The predicted molar refractivity (Wildman–Crippen MR) is 242 cm³/mol. The van der Waals surface area contributed by atoms with Crippen molar-refractivity contribution in [2.24, 2.45) is 5.41 Å². The summed E-state index contributed by atoms with van der Waals surface area (Å²) in [5.41, 5.74) is 11.3. The zero-order valence-corrected chi connectivity index (χ0v) is 37.3. The molecule has 332 valence electrons. The fourth-order valence-electron chi connectivity index (χ4n) is 7.11. The molecule has 6 rings (SSSR count). The van der Waals surface area contributed by atoms with E-state index in [1.54, 1.807) is 53.2 Å². The zero-order valence-electron chi connectivity index (χ0n) is 35.6. The Balaban J connectivity index is 0.949. The molecule has 63 heavy (non-hydrogen) atoms. The molecule has 0 unspecified atom stereocenters. The third kappa shape index (κ3) is 12.1. The van der Waals surface area contributed by atoms with Gasteiger partial charge in [0.25, 0.3) is 5.91 Å². The number of para-hydroxylation sites is 1. The maximum atomic E-state index is 14.0. The third-order valence-corrected chi connectivity index (χ3v) is 13.0. The Bertz CT molecular complexity index is 2510. The van der Waals surface area contributed by atoms with E-state index in [0.29, 0.717) is 36.2 Å². The van der Waals surface area contributed by atoms with Crippen molar-refractivity contribution in [2.75, 3.05) is 24.1 Å². The fourth-order valence-corrected chi connectivity index (χ4v) is 9.00. The van der Waals surface area contributed by atoms with Gasteiger partial charge in [0.1, 0.15) is 12.1 Å². The normalized spacial score (nSPS) is 15.7. The number of nitrogens with one attached hydrogen (secondary N) is 4. The molecule has 0 aliphatic carbocycles. The number of aromatic nitrogens is 3. The average molecular weight is 896 g/mol. The number of hydrogen-bond donors (Lipinski definition) is 6. The SMILES string of the molecule is Cc1ncsc1-c1ccc(CNC(=O)[C@@H]2C[C@@H](O)CN2C(=O)[C@@H](NC(=O)CCCCCNS(=O)(=O)c2ccc(-c3cnc(N)c(C(=O)Nc4ccccc4)n3)cc2)C(C)(C)C)cc1. The average Bonchev–Trinajstić information content (AvgIpc) is 3.88. The van der Waals surface area contributed by atoms with Gasteiger partial charge >= 0.3 is 0 Å². The summed E-state index contributed by atoms with van der Waals surface area (Å²) >= 11 is 1.56. The first kappa shape index (κ1) is 46.4. The quantitative estimate of drug-likeness (QED) is 0.0675. The molecular weight excluding hydrogens is 843 g/mol. The van der Waals surface area contributed by atoms with Crippen LogP contribution in [-0.4, -0.2) is 88.3 Å². The van der Waals surface area contributed by atoms with E-state index in [2.05, 4.69) is 35.6 Å². The van der Waals surface area contributed by atoms with Crippen LogP contribution < -0.4 is 26.4 Å². The van der Waals surface area contributed by atoms with Crippen LogP contribution in [0.2, 0.25) is 0 Å². The summed E-state index contributed by atoms with van der Waals surface area (Å²) in [6.45, 7) is 7.77. The van der Waals surface area contributed by atoms with Crippen molar-refractivity contribution in [2.45, 2.75) is 89.4 Å². The van der Waals surface area contributed by atoms with Gasteiger partial charge in [-0.2, -0.15) is 0 Å². The Morgan fingerprint density at radius 1 is 0.937 bits per heavy atom. The van der Waals surface area contributed by atoms with E-state index in [0.717, 1.165) is 21.7 Å². The number of carbonyl (C=O) groups excluding carboxylic acids is 4. The van der Waals surface area contributed by atoms with Gasteiger partial charge in [-0.3, -0.25) is 19.2 Å². The minimum absolute atomic E-state index is 0.0317. The lowest BCUT2D eigenvalue weighted by molar-refractivity contribution is -0.144. The van der Waals surface area contributed by atoms with Gasteiger partial charge in [-0.1, -0.05) is 81.8 Å². The van der Waals surface area contributed by atoms with Gasteiger partial charge in [-0.15, -0.1) is 11.3 Å². The standard InChI is InChI=1S/C45H53N9O7S2/c1-28-39(62-27-49-28)31-16-14-29(15-17-31)24-48-42(57)36-23-33(55)26-54(36)44(59)40(45(2,3)4)53-37(56)13-9-6-10-22-50-63(60,61)34-20-18-30(19-21-34)35-25-47-41(46)38(52-35)43(58)51-32-11-7-5-8-12-32/h5,7-8,11-12,14-21,25,27,33,36,40,50,55H,6,9-10,13,22-24,26H2,1-4H3,(H2,46,47)(H,48,57)(H,51,58)(H,53,56)/t33-,36+,40-/m1/s1. The van der Waals surface area contributed by atoms with Crippen molar-refractivity contribution >= 4 is 56.5 Å². The number of aliphatic hydroxyl groups is 1. The van der Waals surface area contributed by atoms with Gasteiger partial charge in [-0.25, -0.2) is 28.1 Å². The molecule has 7 N–H and O–H groups in total. The maximum Gasteiger partial charge on any atom is 0.278 e. The number of nitrogen functional groups attached to an aromatic ring is 1. The smallest absolute Gasteiger partial charge is 0.278 e. The summed E-state index contributed by atoms with van der Waals surface area (Å²) in [5.74, 6) is -1.77. The molecule has 2 aromatic heterocycles. The van der Waals surface area contributed by atoms with Crippen LogP contribution in [0, 0.1) is 12.3 Å². The van der Waals surface area contributed by atoms with Gasteiger partial charge in [0.2, 0.25) is 27.7 Å². The molecule has 1 fully saturated rings. The molecule has 3 atom stereocenters. The molecule has 0 radical (unpaired) electrons. The monoisotopic (exact) mass is 895 g/mol. The number of benzene rings is 3. The molecule has 1 aliphatic heterocycles. The van der Waals surface area contributed by atoms with Crippen LogP contribution in [-0.2, 0) is 31.0 Å². The van der Waals surface area contributed by atoms with Crippen molar-refractivity contribution in [3.05, 3.63) is 108 Å². The predicted octanol–water partition coefficient (Wildman–Crippen LogP) is 5.06. The zero-order chi connectivity index (χ0) is 45.3. The number of β-amino-alcohol motifs (C(OH)–C–C–N with tert-alkyl or cyclic N) is 1. The highest BCUT2D eigenvalue weighted by molar-refractivity contribution is 7.89. The molecule has 1 saturated heterocycles. The van der Waals surface area contributed by atoms with Crippen LogP contribution in [0.5, 0.6) is 0 Å². The first-order chi connectivity index (χ1) is 30.0. The Morgan fingerprint density at radius 2 is 1.63 bits per heavy atom. The van der Waals surface area contributed by atoms with Crippen molar-refractivity contribution in [3.63, 3.8) is 0 Å². The van der Waals surface area contributed by atoms with Gasteiger partial charge in [-0.05, 0) is 60.6 Å². The number of hydrogen-bond acceptors (Lipinski definition) is 12. The van der Waals surface area contributed by atoms with E-state index in [4.69, 9.17) is 5.73 Å². The van der Waals surface area contributed by atoms with Crippen molar-refractivity contribution < 1.29 is 32.7 Å². The van der Waals surface area contributed by atoms with Gasteiger partial charge in [0.05, 0.1) is 39.0 Å². The first-order valence-corrected chi connectivity index (χ1v) is 23.0. The number of rotatable bonds is 17. The fraction of sp³-hybridized carbons (Fsp3) is 0.356. The molecule has 16 nitrogen and oxygen atoms in total. The van der Waals surface area contributed by atoms with E-state index >= 15 is 0 Å².